The molecule has 5 amide bonds. The molecule has 0 radical (unpaired) electrons. The van der Waals surface area contributed by atoms with Gasteiger partial charge in [0.15, 0.2) is 0 Å². The lowest BCUT2D eigenvalue weighted by molar-refractivity contribution is -0.154. The number of nitrogens with one attached hydrogen (secondary N) is 2. The van der Waals surface area contributed by atoms with Crippen molar-refractivity contribution in [3.63, 3.8) is 0 Å². The second kappa shape index (κ2) is 11.8. The maximum Gasteiger partial charge on any atom is 0.407 e. The number of esters is 1. The van der Waals surface area contributed by atoms with Gasteiger partial charge in [0.25, 0.3) is 0 Å². The number of carbonyl (C=O) groups excluding carboxylic acids is 5. The minimum atomic E-state index is -1.17. The normalized spacial score (nSPS) is 19.7. The van der Waals surface area contributed by atoms with Crippen LogP contribution < -0.4 is 10.2 Å². The van der Waals surface area contributed by atoms with Crippen LogP contribution in [0, 0.1) is 0 Å². The largest absolute Gasteiger partial charge is 0.468 e. The first kappa shape index (κ1) is 29.6. The summed E-state index contributed by atoms with van der Waals surface area (Å²) in [7, 11) is 1.22. The number of aromatic amines is 1. The first-order chi connectivity index (χ1) is 20.5. The van der Waals surface area contributed by atoms with Crippen LogP contribution in [0.5, 0.6) is 0 Å². The van der Waals surface area contributed by atoms with Gasteiger partial charge in [0.2, 0.25) is 11.8 Å². The van der Waals surface area contributed by atoms with Gasteiger partial charge in [0.1, 0.15) is 18.2 Å². The fourth-order valence-electron chi connectivity index (χ4n) is 5.70. The van der Waals surface area contributed by atoms with Gasteiger partial charge in [0.05, 0.1) is 31.3 Å². The minimum Gasteiger partial charge on any atom is -0.468 e. The van der Waals surface area contributed by atoms with Crippen molar-refractivity contribution in [1.29, 1.82) is 0 Å². The molecule has 43 heavy (non-hydrogen) atoms. The summed E-state index contributed by atoms with van der Waals surface area (Å²) in [6, 6.07) is 12.7. The highest BCUT2D eigenvalue weighted by Gasteiger charge is 2.53. The van der Waals surface area contributed by atoms with Crippen LogP contribution >= 0.6 is 0 Å². The van der Waals surface area contributed by atoms with Gasteiger partial charge in [0, 0.05) is 23.6 Å². The molecule has 12 heteroatoms. The number of imide groups is 1. The Morgan fingerprint density at radius 3 is 2.44 bits per heavy atom. The molecule has 0 aliphatic carbocycles. The molecular weight excluding hydrogens is 554 g/mol. The van der Waals surface area contributed by atoms with E-state index in [1.165, 1.54) is 16.9 Å². The number of benzene rings is 2. The molecule has 1 aromatic heterocycles. The summed E-state index contributed by atoms with van der Waals surface area (Å²) in [4.78, 5) is 73.6. The van der Waals surface area contributed by atoms with Crippen molar-refractivity contribution in [2.45, 2.75) is 57.3 Å². The van der Waals surface area contributed by atoms with Gasteiger partial charge >= 0.3 is 18.1 Å². The second-order valence-corrected chi connectivity index (χ2v) is 11.7. The third-order valence-corrected chi connectivity index (χ3v) is 7.57. The van der Waals surface area contributed by atoms with E-state index in [0.717, 1.165) is 21.4 Å². The Kier molecular flexibility index (Phi) is 8.12. The summed E-state index contributed by atoms with van der Waals surface area (Å²) in [5.74, 6) is -1.73. The zero-order valence-electron chi connectivity index (χ0n) is 24.5. The summed E-state index contributed by atoms with van der Waals surface area (Å²) in [5.41, 5.74) is 1.33. The summed E-state index contributed by atoms with van der Waals surface area (Å²) in [6.45, 7) is 4.77. The number of carbonyl (C=O) groups is 5. The fraction of sp³-hybridized carbons (Fsp3) is 0.387. The quantitative estimate of drug-likeness (QED) is 0.403. The SMILES string of the molecule is COC(=O)CN1C[C@@H]([C@@H](Cc2c[nH]c3ccccc23)NC(=O)OC(C)(C)C)N2C(=O)N(c3ccccc3)C(=O)C[C@H]2C1=O. The Bertz CT molecular complexity index is 1550. The third kappa shape index (κ3) is 6.18. The average Bonchev–Trinajstić information content (AvgIpc) is 3.36. The first-order valence-corrected chi connectivity index (χ1v) is 14.1. The Morgan fingerprint density at radius 2 is 1.74 bits per heavy atom. The van der Waals surface area contributed by atoms with Crippen molar-refractivity contribution in [2.75, 3.05) is 25.1 Å². The van der Waals surface area contributed by atoms with Gasteiger partial charge in [-0.25, -0.2) is 14.5 Å². The molecular formula is C31H35N5O7. The molecule has 3 atom stereocenters. The number of alkyl carbamates (subject to hydrolysis) is 1. The molecule has 0 bridgehead atoms. The van der Waals surface area contributed by atoms with E-state index in [1.54, 1.807) is 51.1 Å². The molecule has 2 aliphatic rings. The monoisotopic (exact) mass is 589 g/mol. The smallest absolute Gasteiger partial charge is 0.407 e. The minimum absolute atomic E-state index is 0.0875. The number of fused-ring (bicyclic) bond motifs is 2. The number of aromatic nitrogens is 1. The molecule has 3 aromatic rings. The van der Waals surface area contributed by atoms with Crippen LogP contribution in [0.4, 0.5) is 15.3 Å². The zero-order chi connectivity index (χ0) is 30.9. The van der Waals surface area contributed by atoms with E-state index in [9.17, 15) is 24.0 Å². The maximum atomic E-state index is 14.2. The van der Waals surface area contributed by atoms with Crippen molar-refractivity contribution < 1.29 is 33.4 Å². The van der Waals surface area contributed by atoms with Crippen molar-refractivity contribution in [3.05, 3.63) is 66.4 Å². The molecule has 0 spiro atoms. The lowest BCUT2D eigenvalue weighted by Gasteiger charge is -2.51. The number of hydrogen-bond acceptors (Lipinski definition) is 7. The number of urea groups is 1. The van der Waals surface area contributed by atoms with Crippen molar-refractivity contribution >= 4 is 46.5 Å². The molecule has 12 nitrogen and oxygen atoms in total. The van der Waals surface area contributed by atoms with E-state index in [-0.39, 0.29) is 25.9 Å². The van der Waals surface area contributed by atoms with Crippen LogP contribution in [0.3, 0.4) is 0 Å². The van der Waals surface area contributed by atoms with E-state index < -0.39 is 53.6 Å². The summed E-state index contributed by atoms with van der Waals surface area (Å²) in [6.07, 6.45) is 1.10. The van der Waals surface area contributed by atoms with Gasteiger partial charge in [-0.2, -0.15) is 0 Å². The number of para-hydroxylation sites is 2. The van der Waals surface area contributed by atoms with Crippen molar-refractivity contribution in [2.24, 2.45) is 0 Å². The van der Waals surface area contributed by atoms with Gasteiger partial charge in [-0.1, -0.05) is 36.4 Å². The number of H-pyrrole nitrogens is 1. The Balaban J connectivity index is 1.58. The van der Waals surface area contributed by atoms with Crippen LogP contribution in [0.25, 0.3) is 10.9 Å². The molecule has 2 aromatic carbocycles. The van der Waals surface area contributed by atoms with E-state index in [4.69, 9.17) is 9.47 Å². The molecule has 0 unspecified atom stereocenters. The van der Waals surface area contributed by atoms with Crippen LogP contribution in [-0.4, -0.2) is 88.6 Å². The predicted octanol–water partition coefficient (Wildman–Crippen LogP) is 3.22. The van der Waals surface area contributed by atoms with Gasteiger partial charge in [-0.15, -0.1) is 0 Å². The number of ether oxygens (including phenoxy) is 2. The van der Waals surface area contributed by atoms with E-state index in [2.05, 4.69) is 10.3 Å². The van der Waals surface area contributed by atoms with Crippen molar-refractivity contribution in [1.82, 2.24) is 20.1 Å². The Labute approximate surface area is 248 Å². The molecule has 2 N–H and O–H groups in total. The lowest BCUT2D eigenvalue weighted by atomic mass is 9.91. The second-order valence-electron chi connectivity index (χ2n) is 11.7. The molecule has 2 aliphatic heterocycles. The molecule has 226 valence electrons. The predicted molar refractivity (Wildman–Crippen MR) is 157 cm³/mol. The number of rotatable bonds is 7. The molecule has 2 fully saturated rings. The first-order valence-electron chi connectivity index (χ1n) is 14.1. The zero-order valence-corrected chi connectivity index (χ0v) is 24.5. The maximum absolute atomic E-state index is 14.2. The average molecular weight is 590 g/mol. The number of piperazine rings is 1. The van der Waals surface area contributed by atoms with Gasteiger partial charge in [-0.05, 0) is 51.0 Å². The Hall–Kier alpha value is -4.87. The van der Waals surface area contributed by atoms with Gasteiger partial charge in [-0.3, -0.25) is 14.4 Å². The number of hydrogen-bond donors (Lipinski definition) is 2. The topological polar surface area (TPSA) is 141 Å². The van der Waals surface area contributed by atoms with Crippen LogP contribution in [-0.2, 0) is 30.3 Å². The summed E-state index contributed by atoms with van der Waals surface area (Å²) in [5, 5.41) is 3.87. The molecule has 0 saturated carbocycles. The standard InChI is InChI=1S/C31H35N5O7/c1-31(2,3)43-29(40)33-23(14-19-16-32-22-13-9-8-12-21(19)22)25-17-34(18-27(38)42-4)28(39)24-15-26(37)35(30(41)36(24)25)20-10-6-5-7-11-20/h5-13,16,23-25,32H,14-15,17-18H2,1-4H3,(H,33,40)/t23-,24+,25+/m1/s1. The third-order valence-electron chi connectivity index (χ3n) is 7.57. The summed E-state index contributed by atoms with van der Waals surface area (Å²) < 4.78 is 10.4. The van der Waals surface area contributed by atoms with E-state index >= 15 is 0 Å². The Morgan fingerprint density at radius 1 is 1.05 bits per heavy atom. The molecule has 5 rings (SSSR count). The molecule has 3 heterocycles. The highest BCUT2D eigenvalue weighted by Crippen LogP contribution is 2.32. The fourth-order valence-corrected chi connectivity index (χ4v) is 5.70. The van der Waals surface area contributed by atoms with Gasteiger partial charge < -0.3 is 29.6 Å². The van der Waals surface area contributed by atoms with Crippen LogP contribution in [0.1, 0.15) is 32.8 Å². The highest BCUT2D eigenvalue weighted by atomic mass is 16.6. The van der Waals surface area contributed by atoms with Crippen molar-refractivity contribution in [3.8, 4) is 0 Å². The van der Waals surface area contributed by atoms with Crippen LogP contribution in [0.15, 0.2) is 60.8 Å². The number of methoxy groups -OCH3 is 1. The lowest BCUT2D eigenvalue weighted by Crippen LogP contribution is -2.74. The van der Waals surface area contributed by atoms with E-state index in [1.807, 2.05) is 30.5 Å². The number of amides is 5. The highest BCUT2D eigenvalue weighted by molar-refractivity contribution is 6.18. The van der Waals surface area contributed by atoms with Crippen LogP contribution in [0.2, 0.25) is 0 Å². The number of nitrogens with zero attached hydrogens (tertiary/aromatic N) is 3. The summed E-state index contributed by atoms with van der Waals surface area (Å²) >= 11 is 0. The molecule has 2 saturated heterocycles. The van der Waals surface area contributed by atoms with E-state index in [0.29, 0.717) is 5.69 Å². The number of anilines is 1.